The Kier molecular flexibility index (Phi) is 4.44. The van der Waals surface area contributed by atoms with Crippen molar-refractivity contribution in [1.82, 2.24) is 9.80 Å². The molecule has 0 aromatic rings. The lowest BCUT2D eigenvalue weighted by Gasteiger charge is -2.47. The van der Waals surface area contributed by atoms with Gasteiger partial charge in [-0.15, -0.1) is 0 Å². The predicted octanol–water partition coefficient (Wildman–Crippen LogP) is 1.58. The van der Waals surface area contributed by atoms with Crippen LogP contribution in [0.5, 0.6) is 0 Å². The van der Waals surface area contributed by atoms with E-state index in [1.165, 1.54) is 0 Å². The molecule has 0 bridgehead atoms. The quantitative estimate of drug-likeness (QED) is 0.798. The molecule has 1 unspecified atom stereocenters. The molecule has 6 heteroatoms. The fourth-order valence-electron chi connectivity index (χ4n) is 3.44. The normalized spacial score (nSPS) is 28.9. The summed E-state index contributed by atoms with van der Waals surface area (Å²) in [6.45, 7) is 11.7. The van der Waals surface area contributed by atoms with Gasteiger partial charge in [-0.25, -0.2) is 4.79 Å². The van der Waals surface area contributed by atoms with E-state index in [0.717, 1.165) is 19.4 Å². The number of hydrogen-bond donors (Lipinski definition) is 1. The van der Waals surface area contributed by atoms with Crippen LogP contribution >= 0.6 is 0 Å². The molecular weight excluding hydrogens is 282 g/mol. The summed E-state index contributed by atoms with van der Waals surface area (Å²) in [5, 5.41) is 0. The molecule has 0 saturated carbocycles. The van der Waals surface area contributed by atoms with Gasteiger partial charge in [-0.2, -0.15) is 0 Å². The smallest absolute Gasteiger partial charge is 0.410 e. The summed E-state index contributed by atoms with van der Waals surface area (Å²) in [7, 11) is 0. The fraction of sp³-hybridized carbons (Fsp3) is 0.875. The number of amides is 2. The topological polar surface area (TPSA) is 75.9 Å². The number of carbonyl (C=O) groups is 2. The predicted molar refractivity (Wildman–Crippen MR) is 84.3 cm³/mol. The zero-order chi connectivity index (χ0) is 16.7. The zero-order valence-electron chi connectivity index (χ0n) is 14.4. The van der Waals surface area contributed by atoms with Gasteiger partial charge in [-0.05, 0) is 33.6 Å². The summed E-state index contributed by atoms with van der Waals surface area (Å²) in [5.74, 6) is 0.0452. The highest BCUT2D eigenvalue weighted by Crippen LogP contribution is 2.35. The first-order chi connectivity index (χ1) is 10.0. The van der Waals surface area contributed by atoms with Gasteiger partial charge in [-0.1, -0.05) is 13.8 Å². The first kappa shape index (κ1) is 17.1. The largest absolute Gasteiger partial charge is 0.444 e. The van der Waals surface area contributed by atoms with Gasteiger partial charge in [0.1, 0.15) is 5.60 Å². The van der Waals surface area contributed by atoms with Crippen molar-refractivity contribution in [2.45, 2.75) is 65.1 Å². The Hall–Kier alpha value is -1.30. The first-order valence-electron chi connectivity index (χ1n) is 8.05. The summed E-state index contributed by atoms with van der Waals surface area (Å²) in [4.78, 5) is 28.1. The molecule has 2 aliphatic heterocycles. The van der Waals surface area contributed by atoms with Crippen LogP contribution < -0.4 is 5.73 Å². The number of likely N-dealkylation sites (tertiary alicyclic amines) is 2. The summed E-state index contributed by atoms with van der Waals surface area (Å²) < 4.78 is 5.46. The molecule has 22 heavy (non-hydrogen) atoms. The second-order valence-electron chi connectivity index (χ2n) is 8.12. The molecule has 2 atom stereocenters. The molecule has 2 saturated heterocycles. The number of carbonyl (C=O) groups excluding carboxylic acids is 2. The van der Waals surface area contributed by atoms with Crippen LogP contribution in [0.15, 0.2) is 0 Å². The third-order valence-corrected chi connectivity index (χ3v) is 4.48. The maximum absolute atomic E-state index is 12.2. The minimum Gasteiger partial charge on any atom is -0.444 e. The van der Waals surface area contributed by atoms with E-state index in [2.05, 4.69) is 13.8 Å². The van der Waals surface area contributed by atoms with Gasteiger partial charge in [0.2, 0.25) is 5.91 Å². The van der Waals surface area contributed by atoms with Gasteiger partial charge in [0.15, 0.2) is 0 Å². The van der Waals surface area contributed by atoms with Crippen LogP contribution in [0.1, 0.15) is 47.5 Å². The van der Waals surface area contributed by atoms with Gasteiger partial charge in [-0.3, -0.25) is 4.79 Å². The molecule has 0 aliphatic carbocycles. The monoisotopic (exact) mass is 311 g/mol. The van der Waals surface area contributed by atoms with Crippen LogP contribution in [0, 0.1) is 5.41 Å². The van der Waals surface area contributed by atoms with E-state index in [0.29, 0.717) is 13.1 Å². The highest BCUT2D eigenvalue weighted by molar-refractivity contribution is 5.84. The number of hydrogen-bond acceptors (Lipinski definition) is 4. The summed E-state index contributed by atoms with van der Waals surface area (Å²) in [6.07, 6.45) is 1.22. The average molecular weight is 311 g/mol. The third kappa shape index (κ3) is 3.54. The van der Waals surface area contributed by atoms with Crippen LogP contribution in [0.3, 0.4) is 0 Å². The highest BCUT2D eigenvalue weighted by Gasteiger charge is 2.45. The summed E-state index contributed by atoms with van der Waals surface area (Å²) >= 11 is 0. The van der Waals surface area contributed by atoms with E-state index >= 15 is 0 Å². The van der Waals surface area contributed by atoms with E-state index in [9.17, 15) is 9.59 Å². The third-order valence-electron chi connectivity index (χ3n) is 4.48. The van der Waals surface area contributed by atoms with Crippen LogP contribution in [0.4, 0.5) is 4.79 Å². The average Bonchev–Trinajstić information content (AvgIpc) is 2.67. The van der Waals surface area contributed by atoms with Crippen molar-refractivity contribution in [3.63, 3.8) is 0 Å². The van der Waals surface area contributed by atoms with Gasteiger partial charge in [0, 0.05) is 31.1 Å². The van der Waals surface area contributed by atoms with Crippen LogP contribution in [-0.4, -0.2) is 59.1 Å². The van der Waals surface area contributed by atoms with Crippen molar-refractivity contribution < 1.29 is 14.3 Å². The standard InChI is InChI=1S/C16H29N3O3/c1-15(2,3)22-14(21)18-8-7-12(16(4,5)10-18)19-9-6-11(17)13(19)20/h11-12H,6-10,17H2,1-5H3/t11-,12?/m0/s1. The van der Waals surface area contributed by atoms with Gasteiger partial charge in [0.25, 0.3) is 0 Å². The van der Waals surface area contributed by atoms with E-state index in [1.807, 2.05) is 25.7 Å². The Morgan fingerprint density at radius 2 is 1.91 bits per heavy atom. The maximum atomic E-state index is 12.2. The van der Waals surface area contributed by atoms with Crippen molar-refractivity contribution in [1.29, 1.82) is 0 Å². The van der Waals surface area contributed by atoms with Gasteiger partial charge >= 0.3 is 6.09 Å². The Balaban J connectivity index is 2.04. The second kappa shape index (κ2) is 5.72. The zero-order valence-corrected chi connectivity index (χ0v) is 14.4. The number of piperidine rings is 1. The number of nitrogens with two attached hydrogens (primary N) is 1. The molecule has 0 aromatic carbocycles. The van der Waals surface area contributed by atoms with Crippen molar-refractivity contribution in [3.05, 3.63) is 0 Å². The lowest BCUT2D eigenvalue weighted by atomic mass is 9.78. The van der Waals surface area contributed by atoms with Gasteiger partial charge < -0.3 is 20.3 Å². The van der Waals surface area contributed by atoms with Crippen molar-refractivity contribution in [3.8, 4) is 0 Å². The molecule has 0 spiro atoms. The molecule has 2 heterocycles. The summed E-state index contributed by atoms with van der Waals surface area (Å²) in [6, 6.07) is -0.230. The molecule has 0 radical (unpaired) electrons. The van der Waals surface area contributed by atoms with Crippen LogP contribution in [0.25, 0.3) is 0 Å². The Bertz CT molecular complexity index is 456. The lowest BCUT2D eigenvalue weighted by molar-refractivity contribution is -0.134. The molecule has 2 fully saturated rings. The lowest BCUT2D eigenvalue weighted by Crippen LogP contribution is -2.58. The van der Waals surface area contributed by atoms with E-state index in [-0.39, 0.29) is 29.5 Å². The van der Waals surface area contributed by atoms with Crippen LogP contribution in [-0.2, 0) is 9.53 Å². The number of rotatable bonds is 1. The fourth-order valence-corrected chi connectivity index (χ4v) is 3.44. The molecule has 6 nitrogen and oxygen atoms in total. The molecule has 0 aromatic heterocycles. The van der Waals surface area contributed by atoms with Crippen molar-refractivity contribution in [2.75, 3.05) is 19.6 Å². The minimum absolute atomic E-state index is 0.0452. The van der Waals surface area contributed by atoms with Crippen LogP contribution in [0.2, 0.25) is 0 Å². The molecule has 2 aliphatic rings. The summed E-state index contributed by atoms with van der Waals surface area (Å²) in [5.41, 5.74) is 5.17. The van der Waals surface area contributed by atoms with E-state index in [4.69, 9.17) is 10.5 Å². The molecular formula is C16H29N3O3. The van der Waals surface area contributed by atoms with Crippen molar-refractivity contribution in [2.24, 2.45) is 11.1 Å². The van der Waals surface area contributed by atoms with Gasteiger partial charge in [0.05, 0.1) is 6.04 Å². The second-order valence-corrected chi connectivity index (χ2v) is 8.12. The minimum atomic E-state index is -0.490. The Morgan fingerprint density at radius 3 is 2.36 bits per heavy atom. The van der Waals surface area contributed by atoms with Crippen molar-refractivity contribution >= 4 is 12.0 Å². The molecule has 2 rings (SSSR count). The Labute approximate surface area is 132 Å². The molecule has 2 amide bonds. The molecule has 126 valence electrons. The van der Waals surface area contributed by atoms with E-state index < -0.39 is 5.60 Å². The highest BCUT2D eigenvalue weighted by atomic mass is 16.6. The number of nitrogens with zero attached hydrogens (tertiary/aromatic N) is 2. The Morgan fingerprint density at radius 1 is 1.27 bits per heavy atom. The maximum Gasteiger partial charge on any atom is 0.410 e. The van der Waals surface area contributed by atoms with E-state index in [1.54, 1.807) is 4.90 Å². The first-order valence-corrected chi connectivity index (χ1v) is 8.05. The SMILES string of the molecule is CC(C)(C)OC(=O)N1CCC(N2CC[C@H](N)C2=O)C(C)(C)C1. The number of ether oxygens (including phenoxy) is 1. The molecule has 2 N–H and O–H groups in total.